The number of rotatable bonds is 4. The molecule has 1 heterocycles. The van der Waals surface area contributed by atoms with E-state index in [1.165, 1.54) is 4.31 Å². The van der Waals surface area contributed by atoms with Crippen molar-refractivity contribution in [1.29, 1.82) is 0 Å². The molecule has 1 amide bonds. The molecule has 0 spiro atoms. The second-order valence-corrected chi connectivity index (χ2v) is 8.68. The Morgan fingerprint density at radius 1 is 1.04 bits per heavy atom. The Kier molecular flexibility index (Phi) is 5.38. The summed E-state index contributed by atoms with van der Waals surface area (Å²) in [5.74, 6) is -2.47. The Hall–Kier alpha value is -1.54. The minimum absolute atomic E-state index is 0.00299. The molecule has 2 fully saturated rings. The lowest BCUT2D eigenvalue weighted by molar-refractivity contribution is -0.126. The molecule has 0 bridgehead atoms. The van der Waals surface area contributed by atoms with Gasteiger partial charge in [-0.3, -0.25) is 4.79 Å². The highest BCUT2D eigenvalue weighted by atomic mass is 32.2. The van der Waals surface area contributed by atoms with Crippen LogP contribution in [0.5, 0.6) is 0 Å². The number of hydrogen-bond donors (Lipinski definition) is 1. The molecule has 1 saturated carbocycles. The van der Waals surface area contributed by atoms with Gasteiger partial charge in [-0.05, 0) is 43.9 Å². The van der Waals surface area contributed by atoms with Crippen LogP contribution in [0.2, 0.25) is 0 Å². The summed E-state index contributed by atoms with van der Waals surface area (Å²) >= 11 is 0. The molecule has 0 radical (unpaired) electrons. The summed E-state index contributed by atoms with van der Waals surface area (Å²) in [5, 5.41) is 3.05. The van der Waals surface area contributed by atoms with Crippen LogP contribution in [0.1, 0.15) is 38.5 Å². The molecule has 1 aromatic rings. The first-order valence-electron chi connectivity index (χ1n) is 8.63. The predicted octanol–water partition coefficient (Wildman–Crippen LogP) is 2.42. The number of hydrogen-bond acceptors (Lipinski definition) is 3. The first-order chi connectivity index (χ1) is 11.9. The summed E-state index contributed by atoms with van der Waals surface area (Å²) in [7, 11) is -3.88. The van der Waals surface area contributed by atoms with E-state index in [1.807, 2.05) is 0 Å². The standard InChI is InChI=1S/C17H22F2N2O3S/c18-15-6-5-14(11-16(15)19)25(23,24)21-9-7-12(8-10-21)17(22)20-13-3-1-2-4-13/h5-6,11-13H,1-4,7-10H2,(H,20,22). The Morgan fingerprint density at radius 2 is 1.68 bits per heavy atom. The summed E-state index contributed by atoms with van der Waals surface area (Å²) in [6.45, 7) is 0.397. The summed E-state index contributed by atoms with van der Waals surface area (Å²) in [5.41, 5.74) is 0. The molecule has 1 aliphatic carbocycles. The molecule has 8 heteroatoms. The summed E-state index contributed by atoms with van der Waals surface area (Å²) in [6.07, 6.45) is 5.15. The Morgan fingerprint density at radius 3 is 2.28 bits per heavy atom. The quantitative estimate of drug-likeness (QED) is 0.883. The molecule has 0 unspecified atom stereocenters. The smallest absolute Gasteiger partial charge is 0.243 e. The van der Waals surface area contributed by atoms with Crippen molar-refractivity contribution in [1.82, 2.24) is 9.62 Å². The van der Waals surface area contributed by atoms with E-state index in [9.17, 15) is 22.0 Å². The highest BCUT2D eigenvalue weighted by molar-refractivity contribution is 7.89. The van der Waals surface area contributed by atoms with Gasteiger partial charge >= 0.3 is 0 Å². The highest BCUT2D eigenvalue weighted by Crippen LogP contribution is 2.26. The molecular formula is C17H22F2N2O3S. The third-order valence-corrected chi connectivity index (χ3v) is 6.95. The zero-order valence-corrected chi connectivity index (χ0v) is 14.7. The SMILES string of the molecule is O=C(NC1CCCC1)C1CCN(S(=O)(=O)c2ccc(F)c(F)c2)CC1. The molecule has 0 atom stereocenters. The minimum atomic E-state index is -3.88. The van der Waals surface area contributed by atoms with Crippen LogP contribution in [0.25, 0.3) is 0 Å². The number of nitrogens with zero attached hydrogens (tertiary/aromatic N) is 1. The van der Waals surface area contributed by atoms with Crippen molar-refractivity contribution in [2.24, 2.45) is 5.92 Å². The van der Waals surface area contributed by atoms with Gasteiger partial charge in [0.15, 0.2) is 11.6 Å². The largest absolute Gasteiger partial charge is 0.353 e. The fourth-order valence-electron chi connectivity index (χ4n) is 3.53. The van der Waals surface area contributed by atoms with Gasteiger partial charge in [0.2, 0.25) is 15.9 Å². The van der Waals surface area contributed by atoms with E-state index < -0.39 is 21.7 Å². The average molecular weight is 372 g/mol. The molecule has 1 N–H and O–H groups in total. The van der Waals surface area contributed by atoms with Crippen LogP contribution in [0.4, 0.5) is 8.78 Å². The maximum atomic E-state index is 13.3. The van der Waals surface area contributed by atoms with Crippen molar-refractivity contribution in [2.75, 3.05) is 13.1 Å². The van der Waals surface area contributed by atoms with E-state index in [0.29, 0.717) is 18.9 Å². The van der Waals surface area contributed by atoms with Crippen LogP contribution in [0.15, 0.2) is 23.1 Å². The van der Waals surface area contributed by atoms with Gasteiger partial charge in [-0.1, -0.05) is 12.8 Å². The normalized spacial score (nSPS) is 20.7. The van der Waals surface area contributed by atoms with Gasteiger partial charge in [-0.2, -0.15) is 4.31 Å². The Labute approximate surface area is 146 Å². The number of piperidine rings is 1. The monoisotopic (exact) mass is 372 g/mol. The second-order valence-electron chi connectivity index (χ2n) is 6.74. The van der Waals surface area contributed by atoms with E-state index in [2.05, 4.69) is 5.32 Å². The number of amides is 1. The van der Waals surface area contributed by atoms with Crippen molar-refractivity contribution in [3.05, 3.63) is 29.8 Å². The van der Waals surface area contributed by atoms with Crippen LogP contribution in [0, 0.1) is 17.6 Å². The summed E-state index contributed by atoms with van der Waals surface area (Å²) < 4.78 is 52.7. The van der Waals surface area contributed by atoms with Crippen molar-refractivity contribution < 1.29 is 22.0 Å². The molecule has 0 aromatic heterocycles. The fraction of sp³-hybridized carbons (Fsp3) is 0.588. The number of nitrogens with one attached hydrogen (secondary N) is 1. The zero-order chi connectivity index (χ0) is 18.0. The lowest BCUT2D eigenvalue weighted by Crippen LogP contribution is -2.44. The van der Waals surface area contributed by atoms with Crippen LogP contribution in [-0.4, -0.2) is 37.8 Å². The molecule has 2 aliphatic rings. The van der Waals surface area contributed by atoms with Crippen molar-refractivity contribution in [2.45, 2.75) is 49.5 Å². The van der Waals surface area contributed by atoms with E-state index in [1.54, 1.807) is 0 Å². The van der Waals surface area contributed by atoms with Gasteiger partial charge in [-0.15, -0.1) is 0 Å². The number of benzene rings is 1. The van der Waals surface area contributed by atoms with Gasteiger partial charge in [0.1, 0.15) is 0 Å². The molecule has 1 saturated heterocycles. The van der Waals surface area contributed by atoms with Crippen molar-refractivity contribution in [3.8, 4) is 0 Å². The van der Waals surface area contributed by atoms with Gasteiger partial charge in [0.25, 0.3) is 0 Å². The summed E-state index contributed by atoms with van der Waals surface area (Å²) in [6, 6.07) is 2.82. The Balaban J connectivity index is 1.60. The van der Waals surface area contributed by atoms with Gasteiger partial charge < -0.3 is 5.32 Å². The van der Waals surface area contributed by atoms with E-state index in [-0.39, 0.29) is 35.9 Å². The predicted molar refractivity (Wildman–Crippen MR) is 88.2 cm³/mol. The maximum Gasteiger partial charge on any atom is 0.243 e. The minimum Gasteiger partial charge on any atom is -0.353 e. The molecule has 1 aromatic carbocycles. The van der Waals surface area contributed by atoms with E-state index in [4.69, 9.17) is 0 Å². The topological polar surface area (TPSA) is 66.5 Å². The number of sulfonamides is 1. The molecular weight excluding hydrogens is 350 g/mol. The fourth-order valence-corrected chi connectivity index (χ4v) is 5.02. The van der Waals surface area contributed by atoms with Gasteiger partial charge in [-0.25, -0.2) is 17.2 Å². The van der Waals surface area contributed by atoms with Crippen LogP contribution in [0.3, 0.4) is 0 Å². The van der Waals surface area contributed by atoms with Crippen molar-refractivity contribution in [3.63, 3.8) is 0 Å². The number of carbonyl (C=O) groups excluding carboxylic acids is 1. The zero-order valence-electron chi connectivity index (χ0n) is 13.9. The third-order valence-electron chi connectivity index (χ3n) is 5.06. The Bertz CT molecular complexity index is 740. The lowest BCUT2D eigenvalue weighted by atomic mass is 9.97. The van der Waals surface area contributed by atoms with Crippen molar-refractivity contribution >= 4 is 15.9 Å². The maximum absolute atomic E-state index is 13.3. The van der Waals surface area contributed by atoms with E-state index in [0.717, 1.165) is 37.8 Å². The highest BCUT2D eigenvalue weighted by Gasteiger charge is 2.33. The first kappa shape index (κ1) is 18.3. The van der Waals surface area contributed by atoms with E-state index >= 15 is 0 Å². The number of carbonyl (C=O) groups is 1. The molecule has 138 valence electrons. The second kappa shape index (κ2) is 7.37. The van der Waals surface area contributed by atoms with Crippen LogP contribution >= 0.6 is 0 Å². The third kappa shape index (κ3) is 4.00. The van der Waals surface area contributed by atoms with Crippen LogP contribution < -0.4 is 5.32 Å². The van der Waals surface area contributed by atoms with Gasteiger partial charge in [0, 0.05) is 25.0 Å². The molecule has 3 rings (SSSR count). The molecule has 5 nitrogen and oxygen atoms in total. The number of halogens is 2. The average Bonchev–Trinajstić information content (AvgIpc) is 3.10. The van der Waals surface area contributed by atoms with Crippen LogP contribution in [-0.2, 0) is 14.8 Å². The molecule has 1 aliphatic heterocycles. The first-order valence-corrected chi connectivity index (χ1v) is 10.1. The lowest BCUT2D eigenvalue weighted by Gasteiger charge is -2.31. The van der Waals surface area contributed by atoms with Gasteiger partial charge in [0.05, 0.1) is 4.90 Å². The molecule has 25 heavy (non-hydrogen) atoms. The summed E-state index contributed by atoms with van der Waals surface area (Å²) in [4.78, 5) is 12.0.